The molecule has 0 aliphatic carbocycles. The van der Waals surface area contributed by atoms with E-state index in [2.05, 4.69) is 27.7 Å². The fraction of sp³-hybridized carbons (Fsp3) is 0.500. The molecule has 0 unspecified atom stereocenters. The van der Waals surface area contributed by atoms with Gasteiger partial charge in [-0.1, -0.05) is 0 Å². The van der Waals surface area contributed by atoms with Crippen molar-refractivity contribution in [3.8, 4) is 12.1 Å². The fourth-order valence-electron chi connectivity index (χ4n) is 0. The minimum atomic E-state index is 1.00. The van der Waals surface area contributed by atoms with Gasteiger partial charge in [0.2, 0.25) is 0 Å². The van der Waals surface area contributed by atoms with Crippen molar-refractivity contribution in [2.24, 2.45) is 5.34 Å². The van der Waals surface area contributed by atoms with E-state index in [9.17, 15) is 0 Å². The van der Waals surface area contributed by atoms with E-state index >= 15 is 0 Å². The van der Waals surface area contributed by atoms with Crippen LogP contribution in [0, 0.1) is 32.8 Å². The third kappa shape index (κ3) is 1130. The monoisotopic (exact) mass is 269 g/mol. The molecule has 66 valence electrons. The molecule has 0 spiro atoms. The second-order valence-electron chi connectivity index (χ2n) is 0.522. The Hall–Kier alpha value is -0.668. The Kier molecular flexibility index (Phi) is 243. The maximum atomic E-state index is 8.00. The molecule has 0 saturated heterocycles. The zero-order valence-corrected chi connectivity index (χ0v) is 8.16. The Morgan fingerprint density at radius 2 is 1.36 bits per heavy atom. The molecule has 7 heteroatoms. The van der Waals surface area contributed by atoms with Gasteiger partial charge in [-0.05, 0) is 0 Å². The predicted octanol–water partition coefficient (Wildman–Crippen LogP) is 2.00. The third-order valence-corrected chi connectivity index (χ3v) is 0. The van der Waals surface area contributed by atoms with E-state index in [1.54, 1.807) is 12.1 Å². The summed E-state index contributed by atoms with van der Waals surface area (Å²) in [6, 6.07) is 3.50. The molecule has 0 aromatic rings. The van der Waals surface area contributed by atoms with Crippen molar-refractivity contribution >= 4 is 9.53 Å². The SMILES string of the molecule is CC#N.CC#N.O=N[O-].[Cl][Pd+]. The fourth-order valence-corrected chi connectivity index (χ4v) is 0. The van der Waals surface area contributed by atoms with Crippen LogP contribution in [0.4, 0.5) is 0 Å². The quantitative estimate of drug-likeness (QED) is 0.381. The normalized spacial score (nSPS) is 3.18. The van der Waals surface area contributed by atoms with Crippen LogP contribution < -0.4 is 0 Å². The van der Waals surface area contributed by atoms with Crippen LogP contribution in [0.3, 0.4) is 0 Å². The van der Waals surface area contributed by atoms with Crippen molar-refractivity contribution in [3.05, 3.63) is 10.1 Å². The Morgan fingerprint density at radius 3 is 1.36 bits per heavy atom. The van der Waals surface area contributed by atoms with Crippen LogP contribution in [-0.4, -0.2) is 0 Å². The van der Waals surface area contributed by atoms with E-state index in [0.29, 0.717) is 0 Å². The molecule has 0 amide bonds. The molecular weight excluding hydrogens is 264 g/mol. The summed E-state index contributed by atoms with van der Waals surface area (Å²) in [5.74, 6) is 0. The van der Waals surface area contributed by atoms with Crippen LogP contribution in [0.15, 0.2) is 5.34 Å². The molecule has 5 nitrogen and oxygen atoms in total. The molecular formula is C4H6ClN3O2Pd. The first-order chi connectivity index (χ1) is 5.24. The molecule has 0 saturated carbocycles. The molecule has 0 N–H and O–H groups in total. The number of halogens is 1. The summed E-state index contributed by atoms with van der Waals surface area (Å²) in [5, 5.41) is 23.6. The van der Waals surface area contributed by atoms with Gasteiger partial charge in [-0.2, -0.15) is 10.5 Å². The zero-order valence-electron chi connectivity index (χ0n) is 5.85. The van der Waals surface area contributed by atoms with Gasteiger partial charge in [0.25, 0.3) is 0 Å². The average Bonchev–Trinajstić information content (AvgIpc) is 1.96. The Labute approximate surface area is 79.9 Å². The van der Waals surface area contributed by atoms with Crippen molar-refractivity contribution in [1.82, 2.24) is 0 Å². The minimum absolute atomic E-state index is 1.00. The molecule has 0 aliphatic rings. The van der Waals surface area contributed by atoms with Crippen molar-refractivity contribution in [3.63, 3.8) is 0 Å². The van der Waals surface area contributed by atoms with Gasteiger partial charge >= 0.3 is 27.7 Å². The van der Waals surface area contributed by atoms with Gasteiger partial charge in [-0.3, -0.25) is 0 Å². The van der Waals surface area contributed by atoms with Crippen molar-refractivity contribution in [2.75, 3.05) is 0 Å². The van der Waals surface area contributed by atoms with Gasteiger partial charge in [0.1, 0.15) is 0 Å². The van der Waals surface area contributed by atoms with E-state index in [1.807, 2.05) is 0 Å². The summed E-state index contributed by atoms with van der Waals surface area (Å²) in [6.45, 7) is 2.86. The first kappa shape index (κ1) is 22.4. The Balaban J connectivity index is -0.0000000301. The van der Waals surface area contributed by atoms with Crippen LogP contribution in [0.2, 0.25) is 0 Å². The summed E-state index contributed by atoms with van der Waals surface area (Å²) in [4.78, 5) is 8.00. The molecule has 0 heterocycles. The second-order valence-corrected chi connectivity index (χ2v) is 0.522. The van der Waals surface area contributed by atoms with Gasteiger partial charge in [-0.15, -0.1) is 5.34 Å². The maximum absolute atomic E-state index is 8.00. The summed E-state index contributed by atoms with van der Waals surface area (Å²) < 4.78 is 0. The van der Waals surface area contributed by atoms with Crippen LogP contribution in [0.5, 0.6) is 0 Å². The van der Waals surface area contributed by atoms with E-state index < -0.39 is 0 Å². The molecule has 0 fully saturated rings. The summed E-state index contributed by atoms with van der Waals surface area (Å²) in [6.07, 6.45) is 0. The molecule has 11 heavy (non-hydrogen) atoms. The van der Waals surface area contributed by atoms with Crippen molar-refractivity contribution in [1.29, 1.82) is 10.5 Å². The van der Waals surface area contributed by atoms with E-state index in [1.165, 1.54) is 13.8 Å². The zero-order chi connectivity index (χ0) is 10.1. The number of nitrogens with zero attached hydrogens (tertiary/aromatic N) is 3. The van der Waals surface area contributed by atoms with Crippen LogP contribution in [0.1, 0.15) is 13.8 Å². The standard InChI is InChI=1S/2C2H3N.ClH.HNO2.Pd/c2*1-2-3;;2-1-3;/h2*1H3;1H;(H,2,3);/q;;;;+2/p-2. The molecule has 0 aromatic heterocycles. The molecule has 0 aliphatic heterocycles. The van der Waals surface area contributed by atoms with E-state index in [0.717, 1.165) is 5.34 Å². The molecule has 0 atom stereocenters. The topological polar surface area (TPSA) is 100 Å². The number of hydrogen-bond acceptors (Lipinski definition) is 5. The summed E-state index contributed by atoms with van der Waals surface area (Å²) in [5.41, 5.74) is 0. The van der Waals surface area contributed by atoms with Gasteiger partial charge in [0.05, 0.1) is 12.1 Å². The second kappa shape index (κ2) is 119. The van der Waals surface area contributed by atoms with Crippen molar-refractivity contribution < 1.29 is 18.2 Å². The number of nitriles is 2. The van der Waals surface area contributed by atoms with Crippen LogP contribution >= 0.6 is 9.53 Å². The number of rotatable bonds is 0. The first-order valence-electron chi connectivity index (χ1n) is 1.93. The van der Waals surface area contributed by atoms with Gasteiger partial charge < -0.3 is 10.1 Å². The van der Waals surface area contributed by atoms with Crippen LogP contribution in [0.25, 0.3) is 0 Å². The van der Waals surface area contributed by atoms with Gasteiger partial charge in [0.15, 0.2) is 0 Å². The van der Waals surface area contributed by atoms with E-state index in [-0.39, 0.29) is 0 Å². The van der Waals surface area contributed by atoms with Gasteiger partial charge in [-0.25, -0.2) is 0 Å². The predicted molar refractivity (Wildman–Crippen MR) is 37.6 cm³/mol. The van der Waals surface area contributed by atoms with Gasteiger partial charge in [0, 0.05) is 13.8 Å². The molecule has 0 bridgehead atoms. The first-order valence-corrected chi connectivity index (χ1v) is 3.93. The molecule has 0 radical (unpaired) electrons. The van der Waals surface area contributed by atoms with Crippen LogP contribution in [-0.2, 0) is 18.2 Å². The third-order valence-electron chi connectivity index (χ3n) is 0. The Bertz CT molecular complexity index is 107. The molecule has 0 aromatic carbocycles. The average molecular weight is 270 g/mol. The van der Waals surface area contributed by atoms with Crippen molar-refractivity contribution in [2.45, 2.75) is 13.8 Å². The number of hydrogen-bond donors (Lipinski definition) is 0. The van der Waals surface area contributed by atoms with E-state index in [4.69, 9.17) is 20.6 Å². The molecule has 0 rings (SSSR count). The summed E-state index contributed by atoms with van der Waals surface area (Å²) in [7, 11) is 4.49. The summed E-state index contributed by atoms with van der Waals surface area (Å²) >= 11 is 2.22. The Morgan fingerprint density at radius 1 is 1.36 bits per heavy atom.